The van der Waals surface area contributed by atoms with Crippen LogP contribution in [0, 0.1) is 0 Å². The second-order valence-corrected chi connectivity index (χ2v) is 16.1. The highest BCUT2D eigenvalue weighted by Crippen LogP contribution is 2.45. The third-order valence-corrected chi connectivity index (χ3v) is 12.7. The summed E-state index contributed by atoms with van der Waals surface area (Å²) in [5.41, 5.74) is 15.6. The van der Waals surface area contributed by atoms with Crippen molar-refractivity contribution >= 4 is 70.9 Å². The summed E-state index contributed by atoms with van der Waals surface area (Å²) in [5, 5.41) is 8.47. The van der Waals surface area contributed by atoms with Crippen molar-refractivity contribution in [1.82, 2.24) is 18.9 Å². The first kappa shape index (κ1) is 34.5. The molecule has 62 heavy (non-hydrogen) atoms. The lowest BCUT2D eigenvalue weighted by Gasteiger charge is -2.18. The van der Waals surface area contributed by atoms with Crippen molar-refractivity contribution in [3.05, 3.63) is 218 Å². The van der Waals surface area contributed by atoms with Crippen LogP contribution >= 0.6 is 0 Å². The summed E-state index contributed by atoms with van der Waals surface area (Å²) < 4.78 is 4.59. The van der Waals surface area contributed by atoms with Crippen molar-refractivity contribution in [3.8, 4) is 50.5 Å². The van der Waals surface area contributed by atoms with Gasteiger partial charge >= 0.3 is 0 Å². The minimum absolute atomic E-state index is 0.923. The van der Waals surface area contributed by atoms with E-state index in [9.17, 15) is 0 Å². The molecule has 0 saturated heterocycles. The van der Waals surface area contributed by atoms with E-state index in [1.807, 2.05) is 0 Å². The van der Waals surface area contributed by atoms with E-state index in [1.54, 1.807) is 0 Å². The summed E-state index contributed by atoms with van der Waals surface area (Å²) in [6, 6.07) is 78.7. The number of imidazole rings is 2. The van der Waals surface area contributed by atoms with Crippen LogP contribution in [0.1, 0.15) is 0 Å². The molecule has 0 unspecified atom stereocenters. The van der Waals surface area contributed by atoms with Crippen LogP contribution in [0.2, 0.25) is 0 Å². The van der Waals surface area contributed by atoms with Gasteiger partial charge in [-0.15, -0.1) is 0 Å². The van der Waals surface area contributed by atoms with Gasteiger partial charge in [0.1, 0.15) is 11.5 Å². The van der Waals surface area contributed by atoms with Crippen LogP contribution in [-0.4, -0.2) is 18.9 Å². The Hall–Kier alpha value is -8.34. The molecule has 0 aliphatic carbocycles. The van der Waals surface area contributed by atoms with Gasteiger partial charge in [0.2, 0.25) is 0 Å². The molecule has 0 atom stereocenters. The first-order chi connectivity index (χ1) is 30.8. The van der Waals surface area contributed by atoms with Gasteiger partial charge < -0.3 is 0 Å². The Morgan fingerprint density at radius 2 is 0.823 bits per heavy atom. The summed E-state index contributed by atoms with van der Waals surface area (Å²) in [7, 11) is 0. The normalized spacial score (nSPS) is 11.9. The van der Waals surface area contributed by atoms with Crippen LogP contribution in [-0.2, 0) is 0 Å². The molecule has 0 fully saturated rings. The van der Waals surface area contributed by atoms with E-state index in [2.05, 4.69) is 227 Å². The predicted molar refractivity (Wildman–Crippen MR) is 259 cm³/mol. The maximum absolute atomic E-state index is 5.21. The number of hydrogen-bond donors (Lipinski definition) is 0. The van der Waals surface area contributed by atoms with E-state index < -0.39 is 0 Å². The van der Waals surface area contributed by atoms with Gasteiger partial charge in [-0.1, -0.05) is 164 Å². The number of aromatic nitrogens is 4. The fraction of sp³-hybridized carbons (Fsp3) is 0. The van der Waals surface area contributed by atoms with Gasteiger partial charge in [0.05, 0.1) is 27.6 Å². The Morgan fingerprint density at radius 3 is 1.53 bits per heavy atom. The van der Waals surface area contributed by atoms with Gasteiger partial charge in [-0.3, -0.25) is 8.97 Å². The second kappa shape index (κ2) is 13.6. The molecule has 0 N–H and O–H groups in total. The van der Waals surface area contributed by atoms with E-state index >= 15 is 0 Å². The van der Waals surface area contributed by atoms with E-state index in [4.69, 9.17) is 9.97 Å². The van der Waals surface area contributed by atoms with E-state index in [1.165, 1.54) is 65.7 Å². The number of fused-ring (bicyclic) bond motifs is 11. The molecule has 0 radical (unpaired) electrons. The number of hydrogen-bond acceptors (Lipinski definition) is 2. The molecule has 13 aromatic rings. The Kier molecular flexibility index (Phi) is 7.57. The molecule has 3 heterocycles. The second-order valence-electron chi connectivity index (χ2n) is 16.1. The molecule has 4 nitrogen and oxygen atoms in total. The van der Waals surface area contributed by atoms with Gasteiger partial charge in [0, 0.05) is 22.0 Å². The van der Waals surface area contributed by atoms with E-state index in [-0.39, 0.29) is 0 Å². The summed E-state index contributed by atoms with van der Waals surface area (Å²) in [6.45, 7) is 0. The van der Waals surface area contributed by atoms with Crippen LogP contribution in [0.25, 0.3) is 121 Å². The fourth-order valence-electron chi connectivity index (χ4n) is 9.94. The highest BCUT2D eigenvalue weighted by molar-refractivity contribution is 6.21. The molecule has 0 bridgehead atoms. The van der Waals surface area contributed by atoms with Gasteiger partial charge in [-0.05, 0) is 115 Å². The SMILES string of the molecule is c1ccc(-n2c(-c3cccc(-c4c5ccccc5c(-c5ccc(-c6ccc7c8ccccc8n8c9ccccc9nc8c7c6)cc5)c5ccccc45)c3)nc3ccccc32)cc1. The highest BCUT2D eigenvalue weighted by Gasteiger charge is 2.20. The maximum Gasteiger partial charge on any atom is 0.146 e. The van der Waals surface area contributed by atoms with Gasteiger partial charge in [-0.2, -0.15) is 0 Å². The topological polar surface area (TPSA) is 35.1 Å². The Bertz CT molecular complexity index is 3860. The summed E-state index contributed by atoms with van der Waals surface area (Å²) in [5.74, 6) is 0.923. The lowest BCUT2D eigenvalue weighted by atomic mass is 9.85. The standard InChI is InChI=1S/C58H36N4/c1-2-17-42(18-3-1)61-53-27-12-9-24-50(53)59-57(61)41-16-14-15-40(35-41)56-47-22-6-4-20-45(47)55(46-21-5-7-23-48(46)56)38-31-29-37(30-32-38)39-33-34-43-44-19-8-11-26-52(44)62-54-28-13-10-25-51(54)60-58(62)49(43)36-39/h1-36H. The van der Waals surface area contributed by atoms with Crippen LogP contribution in [0.3, 0.4) is 0 Å². The zero-order chi connectivity index (χ0) is 40.7. The largest absolute Gasteiger partial charge is 0.292 e. The summed E-state index contributed by atoms with van der Waals surface area (Å²) >= 11 is 0. The molecule has 0 spiro atoms. The number of benzene rings is 10. The molecule has 0 amide bonds. The molecular weight excluding hydrogens is 753 g/mol. The minimum Gasteiger partial charge on any atom is -0.292 e. The molecule has 4 heteroatoms. The van der Waals surface area contributed by atoms with Crippen LogP contribution in [0.4, 0.5) is 0 Å². The molecule has 0 saturated carbocycles. The quantitative estimate of drug-likeness (QED) is 0.129. The van der Waals surface area contributed by atoms with Crippen LogP contribution in [0.5, 0.6) is 0 Å². The summed E-state index contributed by atoms with van der Waals surface area (Å²) in [4.78, 5) is 10.4. The summed E-state index contributed by atoms with van der Waals surface area (Å²) in [6.07, 6.45) is 0. The molecule has 13 rings (SSSR count). The van der Waals surface area contributed by atoms with Crippen molar-refractivity contribution in [1.29, 1.82) is 0 Å². The Balaban J connectivity index is 0.954. The van der Waals surface area contributed by atoms with E-state index in [0.717, 1.165) is 55.7 Å². The monoisotopic (exact) mass is 788 g/mol. The van der Waals surface area contributed by atoms with Gasteiger partial charge in [0.25, 0.3) is 0 Å². The lowest BCUT2D eigenvalue weighted by molar-refractivity contribution is 1.10. The third-order valence-electron chi connectivity index (χ3n) is 12.7. The zero-order valence-corrected chi connectivity index (χ0v) is 33.6. The van der Waals surface area contributed by atoms with Crippen molar-refractivity contribution in [2.75, 3.05) is 0 Å². The smallest absolute Gasteiger partial charge is 0.146 e. The molecular formula is C58H36N4. The lowest BCUT2D eigenvalue weighted by Crippen LogP contribution is -1.97. The van der Waals surface area contributed by atoms with Crippen molar-refractivity contribution in [3.63, 3.8) is 0 Å². The number of rotatable bonds is 5. The number of para-hydroxylation sites is 6. The Labute approximate surface area is 357 Å². The highest BCUT2D eigenvalue weighted by atomic mass is 15.1. The van der Waals surface area contributed by atoms with Gasteiger partial charge in [0.15, 0.2) is 0 Å². The third kappa shape index (κ3) is 5.20. The van der Waals surface area contributed by atoms with E-state index in [0.29, 0.717) is 0 Å². The number of pyridine rings is 1. The predicted octanol–water partition coefficient (Wildman–Crippen LogP) is 15.1. The molecule has 0 aliphatic rings. The Morgan fingerprint density at radius 1 is 0.290 bits per heavy atom. The maximum atomic E-state index is 5.21. The first-order valence-electron chi connectivity index (χ1n) is 21.2. The zero-order valence-electron chi connectivity index (χ0n) is 33.6. The first-order valence-corrected chi connectivity index (χ1v) is 21.2. The number of nitrogens with zero attached hydrogens (tertiary/aromatic N) is 4. The fourth-order valence-corrected chi connectivity index (χ4v) is 9.94. The van der Waals surface area contributed by atoms with Crippen molar-refractivity contribution < 1.29 is 0 Å². The minimum atomic E-state index is 0.923. The van der Waals surface area contributed by atoms with Gasteiger partial charge in [-0.25, -0.2) is 9.97 Å². The average molecular weight is 789 g/mol. The average Bonchev–Trinajstić information content (AvgIpc) is 3.94. The van der Waals surface area contributed by atoms with Crippen LogP contribution < -0.4 is 0 Å². The molecule has 10 aromatic carbocycles. The molecule has 288 valence electrons. The van der Waals surface area contributed by atoms with Crippen LogP contribution in [0.15, 0.2) is 218 Å². The molecule has 0 aliphatic heterocycles. The van der Waals surface area contributed by atoms with Crippen molar-refractivity contribution in [2.45, 2.75) is 0 Å². The van der Waals surface area contributed by atoms with Crippen molar-refractivity contribution in [2.24, 2.45) is 0 Å². The molecule has 3 aromatic heterocycles.